The molecular weight excluding hydrogens is 492 g/mol. The van der Waals surface area contributed by atoms with E-state index in [1.54, 1.807) is 44.8 Å². The number of fused-ring (bicyclic) bond motifs is 1. The predicted octanol–water partition coefficient (Wildman–Crippen LogP) is 3.39. The van der Waals surface area contributed by atoms with Crippen molar-refractivity contribution >= 4 is 38.7 Å². The van der Waals surface area contributed by atoms with Gasteiger partial charge >= 0.3 is 0 Å². The van der Waals surface area contributed by atoms with Crippen molar-refractivity contribution in [1.29, 1.82) is 0 Å². The van der Waals surface area contributed by atoms with Crippen LogP contribution < -0.4 is 25.1 Å². The molecule has 10 nitrogen and oxygen atoms in total. The van der Waals surface area contributed by atoms with Crippen molar-refractivity contribution in [3.05, 3.63) is 59.3 Å². The first-order chi connectivity index (χ1) is 16.1. The summed E-state index contributed by atoms with van der Waals surface area (Å²) >= 11 is 3.39. The number of hydrazine groups is 1. The molecule has 0 spiro atoms. The first-order valence-corrected chi connectivity index (χ1v) is 10.5. The number of nitrogens with one attached hydrogen (secondary N) is 2. The number of ether oxygens (including phenoxy) is 3. The van der Waals surface area contributed by atoms with Crippen molar-refractivity contribution in [2.75, 3.05) is 26.3 Å². The summed E-state index contributed by atoms with van der Waals surface area (Å²) < 4.78 is 17.3. The van der Waals surface area contributed by atoms with Gasteiger partial charge in [0.15, 0.2) is 18.1 Å². The Hall–Kier alpha value is -3.99. The van der Waals surface area contributed by atoms with Crippen LogP contribution in [0, 0.1) is 0 Å². The van der Waals surface area contributed by atoms with Gasteiger partial charge in [-0.2, -0.15) is 0 Å². The molecule has 4 aromatic rings. The van der Waals surface area contributed by atoms with E-state index in [-0.39, 0.29) is 12.6 Å². The zero-order valence-corrected chi connectivity index (χ0v) is 19.3. The SMILES string of the molecule is COc1cc2nccc(OCC(=O)NNc3ncc(-c4ccc(Br)cc4)nn3)c2cc1OC. The lowest BCUT2D eigenvalue weighted by atomic mass is 10.2. The molecule has 11 heteroatoms. The summed E-state index contributed by atoms with van der Waals surface area (Å²) in [6, 6.07) is 12.8. The number of pyridine rings is 1. The highest BCUT2D eigenvalue weighted by Crippen LogP contribution is 2.35. The minimum Gasteiger partial charge on any atom is -0.493 e. The van der Waals surface area contributed by atoms with E-state index >= 15 is 0 Å². The minimum absolute atomic E-state index is 0.149. The quantitative estimate of drug-likeness (QED) is 0.343. The molecule has 0 bridgehead atoms. The molecule has 2 aromatic heterocycles. The highest BCUT2D eigenvalue weighted by Gasteiger charge is 2.12. The van der Waals surface area contributed by atoms with Gasteiger partial charge in [0.1, 0.15) is 11.4 Å². The number of anilines is 1. The van der Waals surface area contributed by atoms with Crippen LogP contribution in [0.1, 0.15) is 0 Å². The number of nitrogens with zero attached hydrogens (tertiary/aromatic N) is 4. The van der Waals surface area contributed by atoms with Crippen LogP contribution in [0.4, 0.5) is 5.95 Å². The third-order valence-corrected chi connectivity index (χ3v) is 5.11. The molecule has 1 amide bonds. The van der Waals surface area contributed by atoms with Crippen molar-refractivity contribution in [2.24, 2.45) is 0 Å². The third-order valence-electron chi connectivity index (χ3n) is 4.58. The number of hydrogen-bond acceptors (Lipinski definition) is 9. The number of aromatic nitrogens is 4. The topological polar surface area (TPSA) is 120 Å². The molecule has 2 heterocycles. The van der Waals surface area contributed by atoms with Gasteiger partial charge in [0.05, 0.1) is 25.9 Å². The molecule has 0 saturated carbocycles. The number of benzene rings is 2. The molecule has 4 rings (SSSR count). The standard InChI is InChI=1S/C22H19BrN6O4/c1-31-19-9-15-16(10-20(19)32-2)24-8-7-18(15)33-12-21(30)27-29-22-25-11-17(26-28-22)13-3-5-14(23)6-4-13/h3-11H,12H2,1-2H3,(H,27,30)(H,25,28,29). The lowest BCUT2D eigenvalue weighted by Crippen LogP contribution is -2.34. The van der Waals surface area contributed by atoms with Crippen molar-refractivity contribution in [1.82, 2.24) is 25.6 Å². The number of methoxy groups -OCH3 is 2. The van der Waals surface area contributed by atoms with Crippen LogP contribution in [0.5, 0.6) is 17.2 Å². The molecule has 0 atom stereocenters. The molecule has 0 aliphatic heterocycles. The molecule has 2 aromatic carbocycles. The zero-order valence-electron chi connectivity index (χ0n) is 17.7. The second-order valence-corrected chi connectivity index (χ2v) is 7.58. The highest BCUT2D eigenvalue weighted by atomic mass is 79.9. The summed E-state index contributed by atoms with van der Waals surface area (Å²) in [7, 11) is 3.09. The average Bonchev–Trinajstić information content (AvgIpc) is 2.86. The fourth-order valence-electron chi connectivity index (χ4n) is 2.96. The molecule has 168 valence electrons. The first kappa shape index (κ1) is 22.2. The summed E-state index contributed by atoms with van der Waals surface area (Å²) in [4.78, 5) is 20.7. The second-order valence-electron chi connectivity index (χ2n) is 6.67. The van der Waals surface area contributed by atoms with Gasteiger partial charge in [-0.1, -0.05) is 28.1 Å². The van der Waals surface area contributed by atoms with Crippen molar-refractivity contribution in [3.63, 3.8) is 0 Å². The molecule has 0 unspecified atom stereocenters. The molecule has 0 aliphatic carbocycles. The lowest BCUT2D eigenvalue weighted by molar-refractivity contribution is -0.122. The smallest absolute Gasteiger partial charge is 0.276 e. The maximum atomic E-state index is 12.2. The van der Waals surface area contributed by atoms with Crippen molar-refractivity contribution < 1.29 is 19.0 Å². The maximum Gasteiger partial charge on any atom is 0.276 e. The fraction of sp³-hybridized carbons (Fsp3) is 0.136. The third kappa shape index (κ3) is 5.26. The minimum atomic E-state index is -0.430. The van der Waals surface area contributed by atoms with Gasteiger partial charge < -0.3 is 14.2 Å². The molecule has 0 saturated heterocycles. The summed E-state index contributed by atoms with van der Waals surface area (Å²) in [5.74, 6) is 1.28. The van der Waals surface area contributed by atoms with E-state index in [0.717, 1.165) is 10.0 Å². The zero-order chi connectivity index (χ0) is 23.2. The number of carbonyl (C=O) groups is 1. The second kappa shape index (κ2) is 10.1. The maximum absolute atomic E-state index is 12.2. The normalized spacial score (nSPS) is 10.5. The number of carbonyl (C=O) groups excluding carboxylic acids is 1. The Bertz CT molecular complexity index is 1270. The van der Waals surface area contributed by atoms with Gasteiger partial charge in [0.2, 0.25) is 0 Å². The number of rotatable bonds is 8. The van der Waals surface area contributed by atoms with E-state index in [1.165, 1.54) is 0 Å². The highest BCUT2D eigenvalue weighted by molar-refractivity contribution is 9.10. The Balaban J connectivity index is 1.36. The molecular formula is C22H19BrN6O4. The summed E-state index contributed by atoms with van der Waals surface area (Å²) in [5, 5.41) is 8.77. The molecule has 0 aliphatic rings. The number of halogens is 1. The molecule has 0 fully saturated rings. The van der Waals surface area contributed by atoms with Crippen LogP contribution in [0.15, 0.2) is 59.3 Å². The Kier molecular flexibility index (Phi) is 6.79. The summed E-state index contributed by atoms with van der Waals surface area (Å²) in [6.45, 7) is -0.245. The Labute approximate surface area is 197 Å². The van der Waals surface area contributed by atoms with E-state index < -0.39 is 5.91 Å². The summed E-state index contributed by atoms with van der Waals surface area (Å²) in [6.07, 6.45) is 3.15. The van der Waals surface area contributed by atoms with Gasteiger partial charge in [-0.3, -0.25) is 20.6 Å². The van der Waals surface area contributed by atoms with E-state index in [9.17, 15) is 4.79 Å². The molecule has 0 radical (unpaired) electrons. The van der Waals surface area contributed by atoms with Crippen LogP contribution in [-0.2, 0) is 4.79 Å². The average molecular weight is 511 g/mol. The van der Waals surface area contributed by atoms with Crippen LogP contribution in [0.25, 0.3) is 22.2 Å². The van der Waals surface area contributed by atoms with Crippen molar-refractivity contribution in [3.8, 4) is 28.5 Å². The fourth-order valence-corrected chi connectivity index (χ4v) is 3.23. The van der Waals surface area contributed by atoms with Crippen LogP contribution in [0.2, 0.25) is 0 Å². The summed E-state index contributed by atoms with van der Waals surface area (Å²) in [5.41, 5.74) is 7.23. The Morgan fingerprint density at radius 3 is 2.42 bits per heavy atom. The first-order valence-electron chi connectivity index (χ1n) is 9.71. The van der Waals surface area contributed by atoms with Gasteiger partial charge in [-0.15, -0.1) is 10.2 Å². The molecule has 33 heavy (non-hydrogen) atoms. The van der Waals surface area contributed by atoms with Gasteiger partial charge in [-0.05, 0) is 24.3 Å². The Morgan fingerprint density at radius 2 is 1.73 bits per heavy atom. The number of amides is 1. The molecule has 2 N–H and O–H groups in total. The largest absolute Gasteiger partial charge is 0.493 e. The van der Waals surface area contributed by atoms with Gasteiger partial charge in [0.25, 0.3) is 11.9 Å². The van der Waals surface area contributed by atoms with Crippen LogP contribution >= 0.6 is 15.9 Å². The monoisotopic (exact) mass is 510 g/mol. The van der Waals surface area contributed by atoms with E-state index in [0.29, 0.717) is 33.8 Å². The van der Waals surface area contributed by atoms with E-state index in [1.807, 2.05) is 24.3 Å². The van der Waals surface area contributed by atoms with Crippen molar-refractivity contribution in [2.45, 2.75) is 0 Å². The lowest BCUT2D eigenvalue weighted by Gasteiger charge is -2.12. The van der Waals surface area contributed by atoms with E-state index in [4.69, 9.17) is 14.2 Å². The predicted molar refractivity (Wildman–Crippen MR) is 125 cm³/mol. The van der Waals surface area contributed by atoms with Gasteiger partial charge in [-0.25, -0.2) is 4.98 Å². The van der Waals surface area contributed by atoms with Crippen LogP contribution in [0.3, 0.4) is 0 Å². The van der Waals surface area contributed by atoms with E-state index in [2.05, 4.69) is 46.9 Å². The number of hydrogen-bond donors (Lipinski definition) is 2. The van der Waals surface area contributed by atoms with Crippen LogP contribution in [-0.4, -0.2) is 46.9 Å². The van der Waals surface area contributed by atoms with Gasteiger partial charge in [0, 0.05) is 27.7 Å². The Morgan fingerprint density at radius 1 is 0.970 bits per heavy atom.